The van der Waals surface area contributed by atoms with E-state index >= 15 is 0 Å². The van der Waals surface area contributed by atoms with E-state index < -0.39 is 0 Å². The van der Waals surface area contributed by atoms with Gasteiger partial charge in [0.05, 0.1) is 0 Å². The van der Waals surface area contributed by atoms with Gasteiger partial charge in [0.25, 0.3) is 0 Å². The molecule has 54 valence electrons. The summed E-state index contributed by atoms with van der Waals surface area (Å²) in [4.78, 5) is 0. The Morgan fingerprint density at radius 2 is 2.30 bits per heavy atom. The number of hydrogen-bond acceptors (Lipinski definition) is 0. The summed E-state index contributed by atoms with van der Waals surface area (Å²) in [5.74, 6) is 0.574. The zero-order valence-corrected chi connectivity index (χ0v) is 6.78. The van der Waals surface area contributed by atoms with Crippen molar-refractivity contribution in [2.24, 2.45) is 0 Å². The van der Waals surface area contributed by atoms with Crippen LogP contribution in [-0.2, 0) is 0 Å². The summed E-state index contributed by atoms with van der Waals surface area (Å²) >= 11 is 5.64. The molecule has 0 spiro atoms. The molecule has 1 rings (SSSR count). The van der Waals surface area contributed by atoms with Crippen molar-refractivity contribution in [2.75, 3.05) is 5.88 Å². The van der Waals surface area contributed by atoms with Gasteiger partial charge in [0.15, 0.2) is 0 Å². The molecular weight excluding hydrogens is 144 g/mol. The number of rotatable bonds is 1. The van der Waals surface area contributed by atoms with Crippen molar-refractivity contribution in [1.82, 2.24) is 0 Å². The van der Waals surface area contributed by atoms with Crippen LogP contribution in [0.2, 0.25) is 0 Å². The van der Waals surface area contributed by atoms with Gasteiger partial charge >= 0.3 is 0 Å². The Bertz CT molecular complexity index is 209. The van der Waals surface area contributed by atoms with Crippen LogP contribution in [0.25, 0.3) is 0 Å². The maximum Gasteiger partial charge on any atom is 0.0306 e. The van der Waals surface area contributed by atoms with Gasteiger partial charge in [-0.1, -0.05) is 6.92 Å². The second kappa shape index (κ2) is 2.98. The van der Waals surface area contributed by atoms with Gasteiger partial charge in [-0.15, -0.1) is 41.3 Å². The van der Waals surface area contributed by atoms with Crippen molar-refractivity contribution in [3.63, 3.8) is 0 Å². The molecule has 0 heterocycles. The highest BCUT2D eigenvalue weighted by atomic mass is 35.5. The molecular formula is C9H10Cl-. The van der Waals surface area contributed by atoms with Crippen LogP contribution >= 0.6 is 11.6 Å². The Balaban J connectivity index is 2.80. The summed E-state index contributed by atoms with van der Waals surface area (Å²) in [6.45, 7) is 5.88. The molecule has 1 heteroatoms. The normalized spacial score (nSPS) is 17.6. The van der Waals surface area contributed by atoms with E-state index in [-0.39, 0.29) is 0 Å². The van der Waals surface area contributed by atoms with Gasteiger partial charge < -0.3 is 0 Å². The first kappa shape index (κ1) is 7.49. The summed E-state index contributed by atoms with van der Waals surface area (Å²) in [5, 5.41) is 0. The summed E-state index contributed by atoms with van der Waals surface area (Å²) in [6, 6.07) is 0. The zero-order valence-electron chi connectivity index (χ0n) is 6.02. The van der Waals surface area contributed by atoms with Crippen LogP contribution in [0.1, 0.15) is 6.92 Å². The van der Waals surface area contributed by atoms with E-state index in [1.54, 1.807) is 0 Å². The lowest BCUT2D eigenvalue weighted by Gasteiger charge is -2.18. The van der Waals surface area contributed by atoms with E-state index in [1.807, 2.05) is 19.4 Å². The fourth-order valence-corrected chi connectivity index (χ4v) is 1.18. The third-order valence-corrected chi connectivity index (χ3v) is 1.66. The van der Waals surface area contributed by atoms with Crippen LogP contribution in [0.15, 0.2) is 35.5 Å². The summed E-state index contributed by atoms with van der Waals surface area (Å²) < 4.78 is 0. The maximum absolute atomic E-state index is 5.64. The number of allylic oxidation sites excluding steroid dienone is 5. The Hall–Kier alpha value is -0.620. The Kier molecular flexibility index (Phi) is 2.23. The highest BCUT2D eigenvalue weighted by molar-refractivity contribution is 6.19. The third-order valence-electron chi connectivity index (χ3n) is 1.35. The van der Waals surface area contributed by atoms with Crippen LogP contribution in [0.5, 0.6) is 0 Å². The Morgan fingerprint density at radius 3 is 2.80 bits per heavy atom. The van der Waals surface area contributed by atoms with Gasteiger partial charge in [0.2, 0.25) is 0 Å². The minimum Gasteiger partial charge on any atom is -0.171 e. The second-order valence-electron chi connectivity index (χ2n) is 2.46. The van der Waals surface area contributed by atoms with Gasteiger partial charge in [-0.2, -0.15) is 12.2 Å². The van der Waals surface area contributed by atoms with Crippen molar-refractivity contribution in [3.8, 4) is 0 Å². The van der Waals surface area contributed by atoms with Crippen LogP contribution in [-0.4, -0.2) is 5.88 Å². The standard InChI is InChI=1S/C9H10Cl/c1-7-3-8(2)5-9(4-7)6-10/h3-5H,1,6H2,2H3/q-1. The van der Waals surface area contributed by atoms with Gasteiger partial charge in [-0.25, -0.2) is 0 Å². The Labute approximate surface area is 66.9 Å². The summed E-state index contributed by atoms with van der Waals surface area (Å²) in [7, 11) is 0. The minimum absolute atomic E-state index is 0.574. The van der Waals surface area contributed by atoms with Gasteiger partial charge in [0.1, 0.15) is 0 Å². The third kappa shape index (κ3) is 1.68. The molecule has 0 amide bonds. The predicted octanol–water partition coefficient (Wildman–Crippen LogP) is 2.87. The lowest BCUT2D eigenvalue weighted by Crippen LogP contribution is -1.94. The average molecular weight is 154 g/mol. The van der Waals surface area contributed by atoms with Crippen molar-refractivity contribution >= 4 is 11.6 Å². The van der Waals surface area contributed by atoms with Crippen LogP contribution in [0, 0.1) is 6.42 Å². The lowest BCUT2D eigenvalue weighted by molar-refractivity contribution is 1.31. The molecule has 1 aliphatic rings. The highest BCUT2D eigenvalue weighted by Gasteiger charge is 1.95. The maximum atomic E-state index is 5.64. The van der Waals surface area contributed by atoms with E-state index in [0.717, 1.165) is 11.1 Å². The molecule has 0 radical (unpaired) electrons. The van der Waals surface area contributed by atoms with Gasteiger partial charge in [0, 0.05) is 5.88 Å². The first-order chi connectivity index (χ1) is 4.72. The molecule has 1 aliphatic carbocycles. The SMILES string of the molecule is C=C1C=C(C)C=C(CCl)[CH-]1. The van der Waals surface area contributed by atoms with Crippen molar-refractivity contribution in [1.29, 1.82) is 0 Å². The molecule has 0 saturated carbocycles. The van der Waals surface area contributed by atoms with Crippen molar-refractivity contribution < 1.29 is 0 Å². The number of halogens is 1. The molecule has 10 heavy (non-hydrogen) atoms. The fourth-order valence-electron chi connectivity index (χ4n) is 1.03. The Morgan fingerprint density at radius 1 is 1.60 bits per heavy atom. The van der Waals surface area contributed by atoms with E-state index in [2.05, 4.69) is 12.7 Å². The summed E-state index contributed by atoms with van der Waals surface area (Å²) in [6.07, 6.45) is 6.11. The molecule has 0 atom stereocenters. The molecule has 0 unspecified atom stereocenters. The first-order valence-electron chi connectivity index (χ1n) is 3.21. The van der Waals surface area contributed by atoms with Gasteiger partial charge in [-0.3, -0.25) is 0 Å². The lowest BCUT2D eigenvalue weighted by atomic mass is 9.98. The number of hydrogen-bond donors (Lipinski definition) is 0. The first-order valence-corrected chi connectivity index (χ1v) is 3.74. The van der Waals surface area contributed by atoms with Crippen molar-refractivity contribution in [3.05, 3.63) is 41.9 Å². The molecule has 0 nitrogen and oxygen atoms in total. The van der Waals surface area contributed by atoms with E-state index in [4.69, 9.17) is 11.6 Å². The number of alkyl halides is 1. The second-order valence-corrected chi connectivity index (χ2v) is 2.73. The molecule has 0 bridgehead atoms. The molecule has 0 fully saturated rings. The molecule has 0 saturated heterocycles. The average Bonchev–Trinajstić information content (AvgIpc) is 1.85. The largest absolute Gasteiger partial charge is 0.171 e. The highest BCUT2D eigenvalue weighted by Crippen LogP contribution is 2.19. The van der Waals surface area contributed by atoms with E-state index in [0.29, 0.717) is 5.88 Å². The minimum atomic E-state index is 0.574. The topological polar surface area (TPSA) is 0 Å². The molecule has 0 aliphatic heterocycles. The van der Waals surface area contributed by atoms with Crippen molar-refractivity contribution in [2.45, 2.75) is 6.92 Å². The zero-order chi connectivity index (χ0) is 7.56. The molecule has 0 aromatic carbocycles. The molecule has 0 aromatic heterocycles. The van der Waals surface area contributed by atoms with Crippen LogP contribution in [0.4, 0.5) is 0 Å². The van der Waals surface area contributed by atoms with E-state index in [9.17, 15) is 0 Å². The predicted molar refractivity (Wildman–Crippen MR) is 46.0 cm³/mol. The van der Waals surface area contributed by atoms with Crippen LogP contribution < -0.4 is 0 Å². The summed E-state index contributed by atoms with van der Waals surface area (Å²) in [5.41, 5.74) is 3.41. The van der Waals surface area contributed by atoms with E-state index in [1.165, 1.54) is 5.57 Å². The molecule has 0 aromatic rings. The molecule has 0 N–H and O–H groups in total. The van der Waals surface area contributed by atoms with Gasteiger partial charge in [-0.05, 0) is 0 Å². The van der Waals surface area contributed by atoms with Crippen LogP contribution in [0.3, 0.4) is 0 Å². The quantitative estimate of drug-likeness (QED) is 0.402. The monoisotopic (exact) mass is 153 g/mol. The smallest absolute Gasteiger partial charge is 0.0306 e. The fraction of sp³-hybridized carbons (Fsp3) is 0.222.